The maximum Gasteiger partial charge on any atom is 0.150 e. The van der Waals surface area contributed by atoms with E-state index in [1.54, 1.807) is 0 Å². The summed E-state index contributed by atoms with van der Waals surface area (Å²) in [6, 6.07) is 3.08. The fraction of sp³-hybridized carbons (Fsp3) is 0.611. The molecule has 0 atom stereocenters. The molecule has 2 fully saturated rings. The molecule has 4 rings (SSSR count). The third-order valence-electron chi connectivity index (χ3n) is 5.54. The molecule has 4 nitrogen and oxygen atoms in total. The van der Waals surface area contributed by atoms with Crippen molar-refractivity contribution < 1.29 is 4.74 Å². The summed E-state index contributed by atoms with van der Waals surface area (Å²) in [5, 5.41) is 1.23. The van der Waals surface area contributed by atoms with Crippen molar-refractivity contribution in [2.45, 2.75) is 44.1 Å². The SMILES string of the molecule is Sn1cc(I)c2cc(C3CCC(N4CCCOCC4)CC3)cnc21. The largest absolute Gasteiger partial charge is 0.380 e. The normalized spacial score (nSPS) is 26.6. The number of ether oxygens (including phenoxy) is 1. The van der Waals surface area contributed by atoms with Gasteiger partial charge in [0.1, 0.15) is 0 Å². The van der Waals surface area contributed by atoms with E-state index in [1.165, 1.54) is 53.2 Å². The zero-order valence-electron chi connectivity index (χ0n) is 13.8. The number of hydrogen-bond acceptors (Lipinski definition) is 4. The predicted molar refractivity (Wildman–Crippen MR) is 109 cm³/mol. The topological polar surface area (TPSA) is 30.3 Å². The van der Waals surface area contributed by atoms with Crippen molar-refractivity contribution in [1.29, 1.82) is 0 Å². The van der Waals surface area contributed by atoms with Gasteiger partial charge in [0.05, 0.1) is 6.61 Å². The second kappa shape index (κ2) is 7.51. The summed E-state index contributed by atoms with van der Waals surface area (Å²) in [7, 11) is 0. The number of thiol groups is 1. The van der Waals surface area contributed by atoms with Gasteiger partial charge >= 0.3 is 0 Å². The van der Waals surface area contributed by atoms with E-state index in [1.807, 2.05) is 10.2 Å². The van der Waals surface area contributed by atoms with Crippen molar-refractivity contribution in [3.63, 3.8) is 0 Å². The molecule has 0 spiro atoms. The molecule has 3 heterocycles. The molecule has 6 heteroatoms. The first kappa shape index (κ1) is 17.1. The fourth-order valence-corrected chi connectivity index (χ4v) is 5.37. The van der Waals surface area contributed by atoms with E-state index in [9.17, 15) is 0 Å². The van der Waals surface area contributed by atoms with Gasteiger partial charge in [-0.15, -0.1) is 0 Å². The zero-order valence-corrected chi connectivity index (χ0v) is 16.9. The predicted octanol–water partition coefficient (Wildman–Crippen LogP) is 4.08. The van der Waals surface area contributed by atoms with Gasteiger partial charge in [-0.3, -0.25) is 8.87 Å². The first-order valence-corrected chi connectivity index (χ1v) is 10.4. The van der Waals surface area contributed by atoms with Gasteiger partial charge in [0.15, 0.2) is 5.65 Å². The molecule has 2 aliphatic rings. The molecule has 1 aliphatic heterocycles. The average molecular weight is 457 g/mol. The first-order valence-electron chi connectivity index (χ1n) is 8.90. The highest BCUT2D eigenvalue weighted by Gasteiger charge is 2.27. The van der Waals surface area contributed by atoms with Crippen LogP contribution in [0.3, 0.4) is 0 Å². The Kier molecular flexibility index (Phi) is 5.36. The van der Waals surface area contributed by atoms with Crippen LogP contribution in [0.2, 0.25) is 0 Å². The Balaban J connectivity index is 1.44. The van der Waals surface area contributed by atoms with E-state index in [4.69, 9.17) is 4.74 Å². The molecular weight excluding hydrogens is 433 g/mol. The lowest BCUT2D eigenvalue weighted by molar-refractivity contribution is 0.118. The molecule has 0 amide bonds. The van der Waals surface area contributed by atoms with E-state index in [0.29, 0.717) is 5.92 Å². The molecule has 0 unspecified atom stereocenters. The van der Waals surface area contributed by atoms with E-state index in [0.717, 1.165) is 31.4 Å². The Morgan fingerprint density at radius 2 is 2.00 bits per heavy atom. The first-order chi connectivity index (χ1) is 11.7. The highest BCUT2D eigenvalue weighted by molar-refractivity contribution is 14.1. The molecule has 0 radical (unpaired) electrons. The van der Waals surface area contributed by atoms with Crippen LogP contribution in [0, 0.1) is 3.57 Å². The van der Waals surface area contributed by atoms with Gasteiger partial charge in [-0.2, -0.15) is 0 Å². The van der Waals surface area contributed by atoms with Crippen molar-refractivity contribution in [2.75, 3.05) is 26.3 Å². The molecule has 0 bridgehead atoms. The van der Waals surface area contributed by atoms with Gasteiger partial charge in [0, 0.05) is 47.1 Å². The van der Waals surface area contributed by atoms with Crippen LogP contribution in [0.1, 0.15) is 43.6 Å². The minimum absolute atomic E-state index is 0.653. The maximum absolute atomic E-state index is 5.60. The van der Waals surface area contributed by atoms with Crippen LogP contribution in [-0.4, -0.2) is 46.2 Å². The Hall–Kier alpha value is -0.310. The number of fused-ring (bicyclic) bond motifs is 1. The van der Waals surface area contributed by atoms with Gasteiger partial charge in [0.25, 0.3) is 0 Å². The van der Waals surface area contributed by atoms with Gasteiger partial charge in [0.2, 0.25) is 0 Å². The van der Waals surface area contributed by atoms with E-state index in [-0.39, 0.29) is 0 Å². The van der Waals surface area contributed by atoms with Crippen LogP contribution < -0.4 is 0 Å². The third kappa shape index (κ3) is 3.48. The van der Waals surface area contributed by atoms with E-state index < -0.39 is 0 Å². The van der Waals surface area contributed by atoms with Crippen molar-refractivity contribution in [3.8, 4) is 0 Å². The lowest BCUT2D eigenvalue weighted by atomic mass is 9.81. The van der Waals surface area contributed by atoms with Crippen molar-refractivity contribution in [2.24, 2.45) is 0 Å². The van der Waals surface area contributed by atoms with E-state index >= 15 is 0 Å². The van der Waals surface area contributed by atoms with Crippen LogP contribution >= 0.6 is 35.4 Å². The van der Waals surface area contributed by atoms with Crippen molar-refractivity contribution in [1.82, 2.24) is 13.9 Å². The van der Waals surface area contributed by atoms with Gasteiger partial charge in [-0.05, 0) is 72.2 Å². The van der Waals surface area contributed by atoms with Gasteiger partial charge in [-0.1, -0.05) is 12.8 Å². The van der Waals surface area contributed by atoms with Crippen LogP contribution in [0.5, 0.6) is 0 Å². The Morgan fingerprint density at radius 3 is 2.83 bits per heavy atom. The van der Waals surface area contributed by atoms with E-state index in [2.05, 4.69) is 57.6 Å². The molecule has 2 aromatic heterocycles. The highest BCUT2D eigenvalue weighted by atomic mass is 127. The summed E-state index contributed by atoms with van der Waals surface area (Å²) in [5.41, 5.74) is 2.36. The summed E-state index contributed by atoms with van der Waals surface area (Å²) in [6.45, 7) is 4.15. The number of nitrogens with zero attached hydrogens (tertiary/aromatic N) is 3. The molecule has 1 saturated carbocycles. The van der Waals surface area contributed by atoms with Crippen LogP contribution in [0.25, 0.3) is 11.0 Å². The molecule has 24 heavy (non-hydrogen) atoms. The Morgan fingerprint density at radius 1 is 1.17 bits per heavy atom. The lowest BCUT2D eigenvalue weighted by Crippen LogP contribution is -2.39. The summed E-state index contributed by atoms with van der Waals surface area (Å²) < 4.78 is 8.65. The smallest absolute Gasteiger partial charge is 0.150 e. The maximum atomic E-state index is 5.60. The van der Waals surface area contributed by atoms with Crippen molar-refractivity contribution in [3.05, 3.63) is 27.6 Å². The van der Waals surface area contributed by atoms with Crippen LogP contribution in [-0.2, 0) is 4.74 Å². The average Bonchev–Trinajstić information content (AvgIpc) is 2.81. The lowest BCUT2D eigenvalue weighted by Gasteiger charge is -2.36. The van der Waals surface area contributed by atoms with Crippen LogP contribution in [0.4, 0.5) is 0 Å². The minimum Gasteiger partial charge on any atom is -0.380 e. The summed E-state index contributed by atoms with van der Waals surface area (Å²) in [6.07, 6.45) is 10.4. The highest BCUT2D eigenvalue weighted by Crippen LogP contribution is 2.36. The summed E-state index contributed by atoms with van der Waals surface area (Å²) in [4.78, 5) is 7.31. The molecule has 1 saturated heterocycles. The second-order valence-electron chi connectivity index (χ2n) is 6.97. The molecule has 0 N–H and O–H groups in total. The van der Waals surface area contributed by atoms with Crippen molar-refractivity contribution >= 4 is 46.4 Å². The summed E-state index contributed by atoms with van der Waals surface area (Å²) >= 11 is 6.82. The molecule has 0 aromatic carbocycles. The molecule has 130 valence electrons. The number of hydrogen-bond donors (Lipinski definition) is 1. The quantitative estimate of drug-likeness (QED) is 0.545. The molecule has 1 aliphatic carbocycles. The zero-order chi connectivity index (χ0) is 16.5. The second-order valence-corrected chi connectivity index (χ2v) is 8.56. The standard InChI is InChI=1S/C18H24IN3OS/c19-17-12-22(24)18-16(17)10-14(11-20-18)13-2-4-15(5-3-13)21-6-1-8-23-9-7-21/h10-13,15,24H,1-9H2. The Labute approximate surface area is 162 Å². The summed E-state index contributed by atoms with van der Waals surface area (Å²) in [5.74, 6) is 0.653. The monoisotopic (exact) mass is 457 g/mol. The fourth-order valence-electron chi connectivity index (χ4n) is 4.20. The van der Waals surface area contributed by atoms with Crippen LogP contribution in [0.15, 0.2) is 18.5 Å². The number of aromatic nitrogens is 2. The van der Waals surface area contributed by atoms with Gasteiger partial charge < -0.3 is 4.74 Å². The number of pyridine rings is 1. The minimum atomic E-state index is 0.653. The number of halogens is 1. The number of rotatable bonds is 2. The van der Waals surface area contributed by atoms with Gasteiger partial charge in [-0.25, -0.2) is 4.98 Å². The third-order valence-corrected chi connectivity index (χ3v) is 6.70. The molecule has 2 aromatic rings. The molecular formula is C18H24IN3OS. The Bertz CT molecular complexity index is 704.